The summed E-state index contributed by atoms with van der Waals surface area (Å²) in [7, 11) is 0. The van der Waals surface area contributed by atoms with Gasteiger partial charge in [0.2, 0.25) is 0 Å². The lowest BCUT2D eigenvalue weighted by Gasteiger charge is -2.08. The number of carbonyl (C=O) groups is 1. The molecule has 0 saturated carbocycles. The molecule has 0 amide bonds. The highest BCUT2D eigenvalue weighted by molar-refractivity contribution is 8.02. The van der Waals surface area contributed by atoms with Gasteiger partial charge in [-0.3, -0.25) is 4.79 Å². The molecule has 0 bridgehead atoms. The van der Waals surface area contributed by atoms with Crippen LogP contribution in [0.2, 0.25) is 0 Å². The number of benzene rings is 1. The summed E-state index contributed by atoms with van der Waals surface area (Å²) in [5.74, 6) is -0.00285. The van der Waals surface area contributed by atoms with Crippen LogP contribution >= 0.6 is 11.8 Å². The van der Waals surface area contributed by atoms with Crippen molar-refractivity contribution in [3.05, 3.63) is 40.4 Å². The van der Waals surface area contributed by atoms with Gasteiger partial charge in [0, 0.05) is 11.3 Å². The fourth-order valence-corrected chi connectivity index (χ4v) is 1.78. The number of rotatable bonds is 4. The lowest BCUT2D eigenvalue weighted by atomic mass is 10.1. The smallest absolute Gasteiger partial charge is 0.159 e. The number of nitrogens with one attached hydrogen (secondary N) is 1. The van der Waals surface area contributed by atoms with Gasteiger partial charge < -0.3 is 5.32 Å². The predicted octanol–water partition coefficient (Wildman–Crippen LogP) is 2.92. The molecule has 90 valence electrons. The number of Topliss-reactive ketones (excluding diaryl/α,β-unsaturated/α-hetero) is 1. The van der Waals surface area contributed by atoms with Gasteiger partial charge in [0.1, 0.15) is 17.2 Å². The monoisotopic (exact) mass is 257 g/mol. The Bertz CT molecular complexity index is 545. The molecular formula is C13H11N3OS. The van der Waals surface area contributed by atoms with E-state index in [0.717, 1.165) is 5.69 Å². The zero-order valence-electron chi connectivity index (χ0n) is 10.0. The first-order chi connectivity index (χ1) is 8.62. The van der Waals surface area contributed by atoms with Gasteiger partial charge in [0.25, 0.3) is 0 Å². The number of anilines is 1. The number of thioether (sulfide) groups is 1. The maximum absolute atomic E-state index is 11.1. The van der Waals surface area contributed by atoms with E-state index in [1.165, 1.54) is 18.7 Å². The van der Waals surface area contributed by atoms with Crippen LogP contribution in [0.15, 0.2) is 34.9 Å². The average Bonchev–Trinajstić information content (AvgIpc) is 2.39. The number of hydrogen-bond donors (Lipinski definition) is 1. The van der Waals surface area contributed by atoms with E-state index in [-0.39, 0.29) is 11.4 Å². The highest BCUT2D eigenvalue weighted by Crippen LogP contribution is 2.20. The average molecular weight is 257 g/mol. The van der Waals surface area contributed by atoms with Crippen LogP contribution in [0.5, 0.6) is 0 Å². The fraction of sp³-hybridized carbons (Fsp3) is 0.154. The number of allylic oxidation sites excluding steroid dienone is 1. The van der Waals surface area contributed by atoms with Crippen molar-refractivity contribution in [1.29, 1.82) is 10.5 Å². The van der Waals surface area contributed by atoms with Crippen molar-refractivity contribution in [3.63, 3.8) is 0 Å². The molecule has 1 aromatic rings. The zero-order valence-corrected chi connectivity index (χ0v) is 10.8. The van der Waals surface area contributed by atoms with Crippen LogP contribution in [0.1, 0.15) is 17.3 Å². The molecule has 0 unspecified atom stereocenters. The lowest BCUT2D eigenvalue weighted by Crippen LogP contribution is -1.99. The molecule has 0 spiro atoms. The molecule has 0 aliphatic carbocycles. The van der Waals surface area contributed by atoms with Crippen LogP contribution < -0.4 is 5.32 Å². The van der Waals surface area contributed by atoms with Crippen LogP contribution in [-0.4, -0.2) is 12.0 Å². The number of nitrogens with zero attached hydrogens (tertiary/aromatic N) is 2. The number of carbonyl (C=O) groups excluding carboxylic acids is 1. The van der Waals surface area contributed by atoms with E-state index >= 15 is 0 Å². The second-order valence-corrected chi connectivity index (χ2v) is 4.21. The van der Waals surface area contributed by atoms with Gasteiger partial charge in [-0.2, -0.15) is 10.5 Å². The van der Waals surface area contributed by atoms with Gasteiger partial charge in [-0.15, -0.1) is 11.8 Å². The Morgan fingerprint density at radius 2 is 1.78 bits per heavy atom. The molecule has 0 heterocycles. The maximum atomic E-state index is 11.1. The maximum Gasteiger partial charge on any atom is 0.159 e. The Morgan fingerprint density at radius 3 is 2.17 bits per heavy atom. The SMILES string of the molecule is CSC(Nc1ccc(C(C)=O)cc1)=C(C#N)C#N. The summed E-state index contributed by atoms with van der Waals surface area (Å²) in [5, 5.41) is 21.1. The molecule has 0 radical (unpaired) electrons. The highest BCUT2D eigenvalue weighted by atomic mass is 32.2. The topological polar surface area (TPSA) is 76.7 Å². The largest absolute Gasteiger partial charge is 0.349 e. The minimum atomic E-state index is -0.00285. The Morgan fingerprint density at radius 1 is 1.22 bits per heavy atom. The van der Waals surface area contributed by atoms with E-state index in [4.69, 9.17) is 10.5 Å². The molecule has 18 heavy (non-hydrogen) atoms. The van der Waals surface area contributed by atoms with Gasteiger partial charge in [0.15, 0.2) is 11.4 Å². The number of nitriles is 2. The first-order valence-electron chi connectivity index (χ1n) is 5.09. The van der Waals surface area contributed by atoms with E-state index < -0.39 is 0 Å². The molecule has 0 aliphatic heterocycles. The van der Waals surface area contributed by atoms with E-state index in [1.54, 1.807) is 30.5 Å². The molecule has 1 rings (SSSR count). The minimum Gasteiger partial charge on any atom is -0.349 e. The molecule has 5 heteroatoms. The molecule has 0 fully saturated rings. The van der Waals surface area contributed by atoms with E-state index in [1.807, 2.05) is 12.1 Å². The summed E-state index contributed by atoms with van der Waals surface area (Å²) >= 11 is 1.29. The third kappa shape index (κ3) is 3.38. The summed E-state index contributed by atoms with van der Waals surface area (Å²) in [6.45, 7) is 1.50. The summed E-state index contributed by atoms with van der Waals surface area (Å²) in [4.78, 5) is 11.1. The van der Waals surface area contributed by atoms with Crippen LogP contribution in [0.4, 0.5) is 5.69 Å². The molecule has 4 nitrogen and oxygen atoms in total. The van der Waals surface area contributed by atoms with Crippen molar-refractivity contribution in [3.8, 4) is 12.1 Å². The van der Waals surface area contributed by atoms with Gasteiger partial charge >= 0.3 is 0 Å². The molecule has 1 N–H and O–H groups in total. The Hall–Kier alpha value is -2.24. The quantitative estimate of drug-likeness (QED) is 0.663. The summed E-state index contributed by atoms with van der Waals surface area (Å²) in [6.07, 6.45) is 1.78. The molecule has 1 aromatic carbocycles. The van der Waals surface area contributed by atoms with E-state index in [9.17, 15) is 4.79 Å². The summed E-state index contributed by atoms with van der Waals surface area (Å²) in [5.41, 5.74) is 1.39. The van der Waals surface area contributed by atoms with Crippen molar-refractivity contribution in [2.45, 2.75) is 6.92 Å². The number of hydrogen-bond acceptors (Lipinski definition) is 5. The molecule has 0 aliphatic rings. The van der Waals surface area contributed by atoms with Crippen LogP contribution in [0, 0.1) is 22.7 Å². The van der Waals surface area contributed by atoms with Crippen LogP contribution in [-0.2, 0) is 0 Å². The predicted molar refractivity (Wildman–Crippen MR) is 71.8 cm³/mol. The van der Waals surface area contributed by atoms with Crippen molar-refractivity contribution >= 4 is 23.2 Å². The second-order valence-electron chi connectivity index (χ2n) is 3.39. The molecular weight excluding hydrogens is 246 g/mol. The fourth-order valence-electron chi connectivity index (χ4n) is 1.26. The molecule has 0 aromatic heterocycles. The standard InChI is InChI=1S/C13H11N3OS/c1-9(17)10-3-5-12(6-4-10)16-13(18-2)11(7-14)8-15/h3-6,16H,1-2H3. The van der Waals surface area contributed by atoms with Gasteiger partial charge in [-0.1, -0.05) is 0 Å². The Balaban J connectivity index is 2.98. The summed E-state index contributed by atoms with van der Waals surface area (Å²) < 4.78 is 0. The summed E-state index contributed by atoms with van der Waals surface area (Å²) in [6, 6.07) is 10.5. The lowest BCUT2D eigenvalue weighted by molar-refractivity contribution is 0.101. The minimum absolute atomic E-state index is 0.00285. The normalized spacial score (nSPS) is 8.89. The van der Waals surface area contributed by atoms with Gasteiger partial charge in [-0.25, -0.2) is 0 Å². The van der Waals surface area contributed by atoms with Crippen LogP contribution in [0.3, 0.4) is 0 Å². The van der Waals surface area contributed by atoms with E-state index in [2.05, 4.69) is 5.32 Å². The van der Waals surface area contributed by atoms with Gasteiger partial charge in [-0.05, 0) is 37.4 Å². The number of ketones is 1. The zero-order chi connectivity index (χ0) is 13.5. The van der Waals surface area contributed by atoms with Gasteiger partial charge in [0.05, 0.1) is 0 Å². The third-order valence-corrected chi connectivity index (χ3v) is 2.92. The van der Waals surface area contributed by atoms with Crippen molar-refractivity contribution in [2.75, 3.05) is 11.6 Å². The highest BCUT2D eigenvalue weighted by Gasteiger charge is 2.06. The molecule has 0 atom stereocenters. The Labute approximate surface area is 110 Å². The Kier molecular flexibility index (Phi) is 4.98. The van der Waals surface area contributed by atoms with Crippen molar-refractivity contribution in [1.82, 2.24) is 0 Å². The molecule has 0 saturated heterocycles. The van der Waals surface area contributed by atoms with Crippen molar-refractivity contribution < 1.29 is 4.79 Å². The first kappa shape index (κ1) is 13.8. The van der Waals surface area contributed by atoms with Crippen molar-refractivity contribution in [2.24, 2.45) is 0 Å². The second kappa shape index (κ2) is 6.48. The first-order valence-corrected chi connectivity index (χ1v) is 6.31. The van der Waals surface area contributed by atoms with Crippen LogP contribution in [0.25, 0.3) is 0 Å². The van der Waals surface area contributed by atoms with E-state index in [0.29, 0.717) is 10.6 Å². The third-order valence-electron chi connectivity index (χ3n) is 2.20.